The van der Waals surface area contributed by atoms with Crippen molar-refractivity contribution in [3.8, 4) is 0 Å². The van der Waals surface area contributed by atoms with Crippen LogP contribution in [0.2, 0.25) is 0 Å². The van der Waals surface area contributed by atoms with E-state index in [1.54, 1.807) is 0 Å². The van der Waals surface area contributed by atoms with Crippen LogP contribution in [0.25, 0.3) is 10.9 Å². The minimum atomic E-state index is -1.40. The van der Waals surface area contributed by atoms with Gasteiger partial charge in [-0.15, -0.1) is 0 Å². The Kier molecular flexibility index (Phi) is 3.04. The lowest BCUT2D eigenvalue weighted by atomic mass is 9.82. The zero-order chi connectivity index (χ0) is 15.0. The minimum Gasteiger partial charge on any atom is -0.465 e. The molecule has 2 amide bonds. The second-order valence-electron chi connectivity index (χ2n) is 5.23. The standard InChI is InChI=1S/C14H16N4O3/c15-12(19)14(7-3-4-8-18(14)13(20)21)11-9-5-1-2-6-10(9)16-17-11/h1-2,5-6H,3-4,7-8H2,(H2,15,19)(H,16,17)(H,20,21). The molecule has 1 saturated heterocycles. The van der Waals surface area contributed by atoms with Crippen molar-refractivity contribution in [2.24, 2.45) is 5.73 Å². The molecule has 4 N–H and O–H groups in total. The highest BCUT2D eigenvalue weighted by Gasteiger charge is 2.50. The number of benzene rings is 1. The number of piperidine rings is 1. The van der Waals surface area contributed by atoms with Crippen LogP contribution in [0.15, 0.2) is 24.3 Å². The Morgan fingerprint density at radius 1 is 1.33 bits per heavy atom. The third-order valence-electron chi connectivity index (χ3n) is 4.13. The van der Waals surface area contributed by atoms with Crippen molar-refractivity contribution in [3.63, 3.8) is 0 Å². The van der Waals surface area contributed by atoms with Gasteiger partial charge in [0.15, 0.2) is 5.54 Å². The van der Waals surface area contributed by atoms with Gasteiger partial charge in [0.1, 0.15) is 5.69 Å². The number of fused-ring (bicyclic) bond motifs is 1. The summed E-state index contributed by atoms with van der Waals surface area (Å²) in [5.41, 5.74) is 5.37. The lowest BCUT2D eigenvalue weighted by Crippen LogP contribution is -2.59. The first-order valence-electron chi connectivity index (χ1n) is 6.81. The molecule has 2 heterocycles. The molecule has 1 fully saturated rings. The number of nitrogens with zero attached hydrogens (tertiary/aromatic N) is 2. The molecule has 0 aliphatic carbocycles. The van der Waals surface area contributed by atoms with Gasteiger partial charge in [-0.05, 0) is 25.3 Å². The number of para-hydroxylation sites is 1. The molecule has 1 aromatic carbocycles. The van der Waals surface area contributed by atoms with Crippen molar-refractivity contribution in [2.75, 3.05) is 6.54 Å². The third-order valence-corrected chi connectivity index (χ3v) is 4.13. The molecule has 0 saturated carbocycles. The zero-order valence-corrected chi connectivity index (χ0v) is 11.4. The van der Waals surface area contributed by atoms with E-state index in [4.69, 9.17) is 5.73 Å². The minimum absolute atomic E-state index is 0.277. The molecule has 0 bridgehead atoms. The molecule has 0 radical (unpaired) electrons. The fourth-order valence-corrected chi connectivity index (χ4v) is 3.13. The van der Waals surface area contributed by atoms with Gasteiger partial charge in [-0.3, -0.25) is 14.8 Å². The van der Waals surface area contributed by atoms with Gasteiger partial charge in [-0.25, -0.2) is 4.79 Å². The number of primary amides is 1. The van der Waals surface area contributed by atoms with Gasteiger partial charge in [0.25, 0.3) is 0 Å². The molecule has 1 aromatic heterocycles. The van der Waals surface area contributed by atoms with Crippen LogP contribution in [0, 0.1) is 0 Å². The molecule has 1 aliphatic rings. The summed E-state index contributed by atoms with van der Waals surface area (Å²) in [5, 5.41) is 17.3. The smallest absolute Gasteiger partial charge is 0.408 e. The topological polar surface area (TPSA) is 112 Å². The van der Waals surface area contributed by atoms with E-state index in [9.17, 15) is 14.7 Å². The molecule has 7 nitrogen and oxygen atoms in total. The normalized spacial score (nSPS) is 22.4. The van der Waals surface area contributed by atoms with Gasteiger partial charge in [0.2, 0.25) is 5.91 Å². The van der Waals surface area contributed by atoms with Crippen molar-refractivity contribution in [2.45, 2.75) is 24.8 Å². The van der Waals surface area contributed by atoms with Crippen molar-refractivity contribution >= 4 is 22.9 Å². The number of aromatic nitrogens is 2. The van der Waals surface area contributed by atoms with Gasteiger partial charge in [0, 0.05) is 11.9 Å². The monoisotopic (exact) mass is 288 g/mol. The predicted molar refractivity (Wildman–Crippen MR) is 75.5 cm³/mol. The third kappa shape index (κ3) is 1.84. The summed E-state index contributed by atoms with van der Waals surface area (Å²) in [5.74, 6) is -0.679. The molecule has 3 rings (SSSR count). The number of carboxylic acid groups (broad SMARTS) is 1. The summed E-state index contributed by atoms with van der Waals surface area (Å²) in [4.78, 5) is 24.9. The van der Waals surface area contributed by atoms with Crippen LogP contribution in [0.5, 0.6) is 0 Å². The maximum atomic E-state index is 12.2. The number of nitrogens with two attached hydrogens (primary N) is 1. The molecule has 2 aromatic rings. The van der Waals surface area contributed by atoms with E-state index in [0.717, 1.165) is 22.2 Å². The average Bonchev–Trinajstić information content (AvgIpc) is 2.91. The SMILES string of the molecule is NC(=O)C1(c2n[nH]c3ccccc23)CCCCN1C(=O)O. The van der Waals surface area contributed by atoms with E-state index in [2.05, 4.69) is 10.2 Å². The molecule has 21 heavy (non-hydrogen) atoms. The number of hydrogen-bond donors (Lipinski definition) is 3. The highest BCUT2D eigenvalue weighted by molar-refractivity contribution is 5.95. The van der Waals surface area contributed by atoms with Crippen LogP contribution in [-0.2, 0) is 10.3 Å². The van der Waals surface area contributed by atoms with Crippen LogP contribution in [0.3, 0.4) is 0 Å². The van der Waals surface area contributed by atoms with Crippen molar-refractivity contribution < 1.29 is 14.7 Å². The molecular formula is C14H16N4O3. The number of carbonyl (C=O) groups is 2. The molecule has 0 spiro atoms. The van der Waals surface area contributed by atoms with Gasteiger partial charge < -0.3 is 10.8 Å². The van der Waals surface area contributed by atoms with E-state index < -0.39 is 17.5 Å². The van der Waals surface area contributed by atoms with Crippen LogP contribution in [0.4, 0.5) is 4.79 Å². The average molecular weight is 288 g/mol. The van der Waals surface area contributed by atoms with Crippen LogP contribution >= 0.6 is 0 Å². The first-order valence-corrected chi connectivity index (χ1v) is 6.81. The largest absolute Gasteiger partial charge is 0.465 e. The molecule has 7 heteroatoms. The number of hydrogen-bond acceptors (Lipinski definition) is 3. The zero-order valence-electron chi connectivity index (χ0n) is 11.4. The summed E-state index contributed by atoms with van der Waals surface area (Å²) >= 11 is 0. The number of likely N-dealkylation sites (tertiary alicyclic amines) is 1. The highest BCUT2D eigenvalue weighted by Crippen LogP contribution is 2.39. The summed E-state index contributed by atoms with van der Waals surface area (Å²) in [6.45, 7) is 0.277. The Morgan fingerprint density at radius 3 is 2.81 bits per heavy atom. The fourth-order valence-electron chi connectivity index (χ4n) is 3.13. The summed E-state index contributed by atoms with van der Waals surface area (Å²) in [7, 11) is 0. The molecule has 1 aliphatic heterocycles. The van der Waals surface area contributed by atoms with E-state index in [1.807, 2.05) is 24.3 Å². The van der Waals surface area contributed by atoms with E-state index in [-0.39, 0.29) is 6.54 Å². The predicted octanol–water partition coefficient (Wildman–Crippen LogP) is 1.41. The maximum Gasteiger partial charge on any atom is 0.408 e. The van der Waals surface area contributed by atoms with Crippen molar-refractivity contribution in [1.82, 2.24) is 15.1 Å². The number of rotatable bonds is 2. The van der Waals surface area contributed by atoms with E-state index >= 15 is 0 Å². The molecule has 1 atom stereocenters. The number of aromatic amines is 1. The number of H-pyrrole nitrogens is 1. The molecule has 110 valence electrons. The summed E-state index contributed by atoms with van der Waals surface area (Å²) < 4.78 is 0. The lowest BCUT2D eigenvalue weighted by Gasteiger charge is -2.42. The van der Waals surface area contributed by atoms with Gasteiger partial charge >= 0.3 is 6.09 Å². The van der Waals surface area contributed by atoms with Crippen LogP contribution in [-0.4, -0.2) is 38.7 Å². The maximum absolute atomic E-state index is 12.2. The lowest BCUT2D eigenvalue weighted by molar-refractivity contribution is -0.132. The second kappa shape index (κ2) is 4.76. The Hall–Kier alpha value is -2.57. The molecular weight excluding hydrogens is 272 g/mol. The first kappa shape index (κ1) is 13.4. The van der Waals surface area contributed by atoms with Gasteiger partial charge in [-0.1, -0.05) is 18.2 Å². The van der Waals surface area contributed by atoms with Gasteiger partial charge in [0.05, 0.1) is 5.52 Å². The van der Waals surface area contributed by atoms with E-state index in [1.165, 1.54) is 0 Å². The Bertz CT molecular complexity index is 711. The van der Waals surface area contributed by atoms with E-state index in [0.29, 0.717) is 18.5 Å². The number of amides is 2. The molecule has 1 unspecified atom stereocenters. The number of nitrogens with one attached hydrogen (secondary N) is 1. The summed E-state index contributed by atoms with van der Waals surface area (Å²) in [6.07, 6.45) is 0.640. The Labute approximate surface area is 120 Å². The highest BCUT2D eigenvalue weighted by atomic mass is 16.4. The van der Waals surface area contributed by atoms with Gasteiger partial charge in [-0.2, -0.15) is 5.10 Å². The van der Waals surface area contributed by atoms with Crippen molar-refractivity contribution in [3.05, 3.63) is 30.0 Å². The summed E-state index contributed by atoms with van der Waals surface area (Å²) in [6, 6.07) is 7.31. The first-order chi connectivity index (χ1) is 10.1. The second-order valence-corrected chi connectivity index (χ2v) is 5.23. The van der Waals surface area contributed by atoms with Crippen molar-refractivity contribution in [1.29, 1.82) is 0 Å². The Balaban J connectivity index is 2.25. The van der Waals surface area contributed by atoms with Crippen LogP contribution in [0.1, 0.15) is 25.0 Å². The number of carbonyl (C=O) groups excluding carboxylic acids is 1. The Morgan fingerprint density at radius 2 is 2.10 bits per heavy atom. The van der Waals surface area contributed by atoms with Crippen LogP contribution < -0.4 is 5.73 Å². The fraction of sp³-hybridized carbons (Fsp3) is 0.357. The quantitative estimate of drug-likeness (QED) is 0.775.